The Morgan fingerprint density at radius 2 is 1.48 bits per heavy atom. The standard InChI is InChI=1S/C19H16Cl2N2O4S2/c20-14-4-7-17(8-5-14)29(26,27)23-18-11-15(21)6-9-19(18)28(24,25)12-13-2-1-3-16(22)10-13/h1-11,23H,12,22H2. The van der Waals surface area contributed by atoms with Crippen molar-refractivity contribution in [2.24, 2.45) is 0 Å². The maximum atomic E-state index is 13.0. The van der Waals surface area contributed by atoms with Crippen molar-refractivity contribution in [3.05, 3.63) is 82.3 Å². The summed E-state index contributed by atoms with van der Waals surface area (Å²) in [6.45, 7) is 0. The molecule has 6 nitrogen and oxygen atoms in total. The molecule has 0 radical (unpaired) electrons. The number of nitrogens with one attached hydrogen (secondary N) is 1. The average molecular weight is 471 g/mol. The van der Waals surface area contributed by atoms with E-state index >= 15 is 0 Å². The molecule has 0 atom stereocenters. The molecule has 3 N–H and O–H groups in total. The van der Waals surface area contributed by atoms with E-state index in [2.05, 4.69) is 4.72 Å². The highest BCUT2D eigenvalue weighted by atomic mass is 35.5. The molecule has 0 aliphatic rings. The largest absolute Gasteiger partial charge is 0.399 e. The van der Waals surface area contributed by atoms with Gasteiger partial charge in [0, 0.05) is 15.7 Å². The van der Waals surface area contributed by atoms with E-state index in [-0.39, 0.29) is 26.3 Å². The van der Waals surface area contributed by atoms with Gasteiger partial charge in [-0.1, -0.05) is 35.3 Å². The summed E-state index contributed by atoms with van der Waals surface area (Å²) < 4.78 is 53.7. The minimum absolute atomic E-state index is 0.0685. The third-order valence-corrected chi connectivity index (χ3v) is 7.56. The van der Waals surface area contributed by atoms with Crippen LogP contribution in [0.5, 0.6) is 0 Å². The summed E-state index contributed by atoms with van der Waals surface area (Å²) in [5, 5.41) is 0.554. The van der Waals surface area contributed by atoms with E-state index in [9.17, 15) is 16.8 Å². The van der Waals surface area contributed by atoms with Gasteiger partial charge >= 0.3 is 0 Å². The van der Waals surface area contributed by atoms with E-state index in [1.807, 2.05) is 0 Å². The molecule has 0 saturated heterocycles. The number of nitrogens with two attached hydrogens (primary N) is 1. The monoisotopic (exact) mass is 470 g/mol. The summed E-state index contributed by atoms with van der Waals surface area (Å²) in [4.78, 5) is -0.261. The number of hydrogen-bond donors (Lipinski definition) is 2. The molecule has 3 aromatic carbocycles. The third kappa shape index (κ3) is 5.22. The zero-order valence-corrected chi connectivity index (χ0v) is 18.0. The van der Waals surface area contributed by atoms with Crippen molar-refractivity contribution in [3.8, 4) is 0 Å². The molecule has 0 unspecified atom stereocenters. The molecule has 3 aromatic rings. The van der Waals surface area contributed by atoms with E-state index in [4.69, 9.17) is 28.9 Å². The second-order valence-corrected chi connectivity index (χ2v) is 10.7. The summed E-state index contributed by atoms with van der Waals surface area (Å²) in [7, 11) is -7.96. The fourth-order valence-electron chi connectivity index (χ4n) is 2.65. The molecule has 0 aliphatic carbocycles. The van der Waals surface area contributed by atoms with Crippen LogP contribution in [0.2, 0.25) is 10.0 Å². The van der Waals surface area contributed by atoms with Gasteiger partial charge in [-0.25, -0.2) is 16.8 Å². The molecule has 10 heteroatoms. The first kappa shape index (κ1) is 21.4. The van der Waals surface area contributed by atoms with Crippen molar-refractivity contribution in [2.45, 2.75) is 15.5 Å². The van der Waals surface area contributed by atoms with Crippen molar-refractivity contribution in [3.63, 3.8) is 0 Å². The summed E-state index contributed by atoms with van der Waals surface area (Å²) in [6.07, 6.45) is 0. The molecule has 152 valence electrons. The Hall–Kier alpha value is -2.26. The Morgan fingerprint density at radius 3 is 2.14 bits per heavy atom. The molecule has 0 heterocycles. The lowest BCUT2D eigenvalue weighted by molar-refractivity contribution is 0.595. The molecular weight excluding hydrogens is 455 g/mol. The first-order valence-electron chi connectivity index (χ1n) is 8.22. The first-order valence-corrected chi connectivity index (χ1v) is 12.1. The van der Waals surface area contributed by atoms with Gasteiger partial charge in [0.25, 0.3) is 10.0 Å². The van der Waals surface area contributed by atoms with Gasteiger partial charge in [-0.2, -0.15) is 0 Å². The third-order valence-electron chi connectivity index (χ3n) is 3.95. The molecule has 29 heavy (non-hydrogen) atoms. The van der Waals surface area contributed by atoms with Gasteiger partial charge in [0.2, 0.25) is 0 Å². The Labute approximate surface area is 179 Å². The number of rotatable bonds is 6. The Morgan fingerprint density at radius 1 is 0.828 bits per heavy atom. The fraction of sp³-hybridized carbons (Fsp3) is 0.0526. The number of benzene rings is 3. The van der Waals surface area contributed by atoms with E-state index in [0.29, 0.717) is 16.3 Å². The van der Waals surface area contributed by atoms with Gasteiger partial charge in [-0.05, 0) is 60.2 Å². The molecular formula is C19H16Cl2N2O4S2. The van der Waals surface area contributed by atoms with Gasteiger partial charge in [0.15, 0.2) is 9.84 Å². The van der Waals surface area contributed by atoms with Crippen LogP contribution in [0.15, 0.2) is 76.5 Å². The predicted molar refractivity (Wildman–Crippen MR) is 115 cm³/mol. The van der Waals surface area contributed by atoms with Crippen molar-refractivity contribution in [1.82, 2.24) is 0 Å². The fourth-order valence-corrected chi connectivity index (χ4v) is 5.58. The maximum absolute atomic E-state index is 13.0. The first-order chi connectivity index (χ1) is 13.6. The molecule has 0 fully saturated rings. The number of sulfonamides is 1. The van der Waals surface area contributed by atoms with Crippen LogP contribution in [0.3, 0.4) is 0 Å². The second-order valence-electron chi connectivity index (χ2n) is 6.20. The molecule has 3 rings (SSSR count). The van der Waals surface area contributed by atoms with Crippen molar-refractivity contribution in [1.29, 1.82) is 0 Å². The van der Waals surface area contributed by atoms with Crippen LogP contribution in [0.1, 0.15) is 5.56 Å². The minimum atomic E-state index is -4.06. The van der Waals surface area contributed by atoms with Crippen molar-refractivity contribution in [2.75, 3.05) is 10.5 Å². The van der Waals surface area contributed by atoms with Crippen LogP contribution >= 0.6 is 23.2 Å². The quantitative estimate of drug-likeness (QED) is 0.520. The highest BCUT2D eigenvalue weighted by Crippen LogP contribution is 2.30. The van der Waals surface area contributed by atoms with Crippen molar-refractivity contribution < 1.29 is 16.8 Å². The van der Waals surface area contributed by atoms with Crippen LogP contribution < -0.4 is 10.5 Å². The Bertz CT molecular complexity index is 1260. The van der Waals surface area contributed by atoms with Crippen LogP contribution in [0.4, 0.5) is 11.4 Å². The summed E-state index contributed by atoms with van der Waals surface area (Å²) >= 11 is 11.8. The van der Waals surface area contributed by atoms with Crippen LogP contribution in [-0.4, -0.2) is 16.8 Å². The molecule has 0 saturated carbocycles. The van der Waals surface area contributed by atoms with Gasteiger partial charge in [0.05, 0.1) is 21.2 Å². The smallest absolute Gasteiger partial charge is 0.261 e. The highest BCUT2D eigenvalue weighted by Gasteiger charge is 2.24. The highest BCUT2D eigenvalue weighted by molar-refractivity contribution is 7.93. The van der Waals surface area contributed by atoms with Gasteiger partial charge in [0.1, 0.15) is 0 Å². The van der Waals surface area contributed by atoms with E-state index in [1.54, 1.807) is 24.3 Å². The maximum Gasteiger partial charge on any atom is 0.261 e. The lowest BCUT2D eigenvalue weighted by Gasteiger charge is -2.14. The van der Waals surface area contributed by atoms with E-state index in [0.717, 1.165) is 0 Å². The van der Waals surface area contributed by atoms with Crippen LogP contribution in [-0.2, 0) is 25.6 Å². The number of halogens is 2. The normalized spacial score (nSPS) is 11.9. The number of sulfone groups is 1. The molecule has 0 spiro atoms. The van der Waals surface area contributed by atoms with E-state index in [1.165, 1.54) is 42.5 Å². The van der Waals surface area contributed by atoms with Crippen LogP contribution in [0, 0.1) is 0 Å². The molecule has 0 bridgehead atoms. The minimum Gasteiger partial charge on any atom is -0.399 e. The number of hydrogen-bond acceptors (Lipinski definition) is 5. The summed E-state index contributed by atoms with van der Waals surface area (Å²) in [5.74, 6) is -0.352. The van der Waals surface area contributed by atoms with Crippen molar-refractivity contribution >= 4 is 54.4 Å². The molecule has 0 amide bonds. The zero-order valence-electron chi connectivity index (χ0n) is 14.8. The lowest BCUT2D eigenvalue weighted by atomic mass is 10.2. The van der Waals surface area contributed by atoms with Gasteiger partial charge in [-0.3, -0.25) is 4.72 Å². The molecule has 0 aromatic heterocycles. The number of anilines is 2. The van der Waals surface area contributed by atoms with Crippen LogP contribution in [0.25, 0.3) is 0 Å². The topological polar surface area (TPSA) is 106 Å². The SMILES string of the molecule is Nc1cccc(CS(=O)(=O)c2ccc(Cl)cc2NS(=O)(=O)c2ccc(Cl)cc2)c1. The lowest BCUT2D eigenvalue weighted by Crippen LogP contribution is -2.16. The van der Waals surface area contributed by atoms with Gasteiger partial charge < -0.3 is 5.73 Å². The average Bonchev–Trinajstić information content (AvgIpc) is 2.61. The molecule has 0 aliphatic heterocycles. The summed E-state index contributed by atoms with van der Waals surface area (Å²) in [6, 6.07) is 15.8. The van der Waals surface area contributed by atoms with E-state index < -0.39 is 19.9 Å². The summed E-state index contributed by atoms with van der Waals surface area (Å²) in [5.41, 5.74) is 6.47. The second kappa shape index (κ2) is 8.23. The van der Waals surface area contributed by atoms with Gasteiger partial charge in [-0.15, -0.1) is 0 Å². The number of nitrogen functional groups attached to an aromatic ring is 1. The predicted octanol–water partition coefficient (Wildman–Crippen LogP) is 4.35. The Balaban J connectivity index is 2.00. The zero-order chi connectivity index (χ0) is 21.2. The Kier molecular flexibility index (Phi) is 6.09.